The summed E-state index contributed by atoms with van der Waals surface area (Å²) in [4.78, 5) is 4.67. The molecule has 2 unspecified atom stereocenters. The second kappa shape index (κ2) is 6.85. The molecule has 1 saturated heterocycles. The molecule has 1 fully saturated rings. The Morgan fingerprint density at radius 3 is 2.85 bits per heavy atom. The number of rotatable bonds is 4. The van der Waals surface area contributed by atoms with Crippen LogP contribution >= 0.6 is 11.6 Å². The Morgan fingerprint density at radius 1 is 1.40 bits per heavy atom. The third-order valence-electron chi connectivity index (χ3n) is 4.21. The monoisotopic (exact) mass is 299 g/mol. The summed E-state index contributed by atoms with van der Waals surface area (Å²) >= 11 is 5.86. The van der Waals surface area contributed by atoms with Crippen molar-refractivity contribution < 1.29 is 4.39 Å². The summed E-state index contributed by atoms with van der Waals surface area (Å²) in [5, 5.41) is 3.54. The standard InChI is InChI=1S/C15H23ClFN3/c1-18-13(14-10-19(2)7-8-20(14)3)9-11-5-4-6-12(16)15(11)17/h4-6,13-14,18H,7-10H2,1-3H3. The number of nitrogens with one attached hydrogen (secondary N) is 1. The van der Waals surface area contributed by atoms with Gasteiger partial charge >= 0.3 is 0 Å². The first-order valence-electron chi connectivity index (χ1n) is 7.02. The van der Waals surface area contributed by atoms with Gasteiger partial charge in [-0.2, -0.15) is 0 Å². The SMILES string of the molecule is CNC(Cc1cccc(Cl)c1F)C1CN(C)CCN1C. The zero-order chi connectivity index (χ0) is 14.7. The first kappa shape index (κ1) is 15.7. The van der Waals surface area contributed by atoms with Gasteiger partial charge in [-0.3, -0.25) is 4.90 Å². The molecule has 0 amide bonds. The number of piperazine rings is 1. The molecule has 5 heteroatoms. The summed E-state index contributed by atoms with van der Waals surface area (Å²) in [6.07, 6.45) is 0.645. The van der Waals surface area contributed by atoms with Gasteiger partial charge < -0.3 is 10.2 Å². The second-order valence-electron chi connectivity index (χ2n) is 5.62. The van der Waals surface area contributed by atoms with Crippen molar-refractivity contribution in [2.75, 3.05) is 40.8 Å². The minimum Gasteiger partial charge on any atom is -0.315 e. The van der Waals surface area contributed by atoms with Crippen molar-refractivity contribution in [3.8, 4) is 0 Å². The predicted octanol–water partition coefficient (Wildman–Crippen LogP) is 1.86. The van der Waals surface area contributed by atoms with Crippen molar-refractivity contribution in [2.24, 2.45) is 0 Å². The first-order valence-corrected chi connectivity index (χ1v) is 7.39. The molecule has 0 saturated carbocycles. The van der Waals surface area contributed by atoms with E-state index in [9.17, 15) is 4.39 Å². The lowest BCUT2D eigenvalue weighted by Gasteiger charge is -2.42. The quantitative estimate of drug-likeness (QED) is 0.915. The molecule has 1 N–H and O–H groups in total. The molecule has 0 bridgehead atoms. The van der Waals surface area contributed by atoms with Crippen molar-refractivity contribution in [1.29, 1.82) is 0 Å². The molecule has 2 rings (SSSR count). The molecule has 1 aliphatic rings. The van der Waals surface area contributed by atoms with Gasteiger partial charge in [0.05, 0.1) is 5.02 Å². The zero-order valence-electron chi connectivity index (χ0n) is 12.4. The molecule has 1 aliphatic heterocycles. The lowest BCUT2D eigenvalue weighted by Crippen LogP contribution is -2.58. The normalized spacial score (nSPS) is 22.9. The van der Waals surface area contributed by atoms with Crippen molar-refractivity contribution in [3.05, 3.63) is 34.6 Å². The predicted molar refractivity (Wildman–Crippen MR) is 81.9 cm³/mol. The molecule has 0 aromatic heterocycles. The minimum atomic E-state index is -0.291. The average Bonchev–Trinajstić information content (AvgIpc) is 2.43. The molecule has 1 aromatic rings. The first-order chi connectivity index (χ1) is 9.52. The molecule has 0 aliphatic carbocycles. The molecule has 20 heavy (non-hydrogen) atoms. The van der Waals surface area contributed by atoms with Crippen LogP contribution in [0.4, 0.5) is 4.39 Å². The highest BCUT2D eigenvalue weighted by atomic mass is 35.5. The topological polar surface area (TPSA) is 18.5 Å². The van der Waals surface area contributed by atoms with Gasteiger partial charge in [0, 0.05) is 31.7 Å². The Balaban J connectivity index is 2.14. The summed E-state index contributed by atoms with van der Waals surface area (Å²) in [5.41, 5.74) is 0.679. The summed E-state index contributed by atoms with van der Waals surface area (Å²) in [6, 6.07) is 5.80. The molecule has 2 atom stereocenters. The Morgan fingerprint density at radius 2 is 2.15 bits per heavy atom. The fraction of sp³-hybridized carbons (Fsp3) is 0.600. The van der Waals surface area contributed by atoms with Crippen LogP contribution in [0.5, 0.6) is 0 Å². The van der Waals surface area contributed by atoms with Crippen molar-refractivity contribution in [1.82, 2.24) is 15.1 Å². The van der Waals surface area contributed by atoms with E-state index in [1.165, 1.54) is 0 Å². The van der Waals surface area contributed by atoms with Gasteiger partial charge in [0.2, 0.25) is 0 Å². The van der Waals surface area contributed by atoms with Gasteiger partial charge in [0.1, 0.15) is 5.82 Å². The van der Waals surface area contributed by atoms with E-state index in [-0.39, 0.29) is 16.9 Å². The van der Waals surface area contributed by atoms with E-state index >= 15 is 0 Å². The molecule has 1 aromatic carbocycles. The highest BCUT2D eigenvalue weighted by Crippen LogP contribution is 2.21. The smallest absolute Gasteiger partial charge is 0.145 e. The van der Waals surface area contributed by atoms with Crippen LogP contribution in [0.15, 0.2) is 18.2 Å². The van der Waals surface area contributed by atoms with Gasteiger partial charge in [0.15, 0.2) is 0 Å². The largest absolute Gasteiger partial charge is 0.315 e. The lowest BCUT2D eigenvalue weighted by atomic mass is 9.96. The van der Waals surface area contributed by atoms with Crippen LogP contribution in [0.3, 0.4) is 0 Å². The molecule has 0 radical (unpaired) electrons. The summed E-state index contributed by atoms with van der Waals surface area (Å²) in [7, 11) is 6.21. The van der Waals surface area contributed by atoms with Crippen LogP contribution in [0, 0.1) is 5.82 Å². The Labute approximate surface area is 125 Å². The number of nitrogens with zero attached hydrogens (tertiary/aromatic N) is 2. The van der Waals surface area contributed by atoms with Crippen LogP contribution in [-0.4, -0.2) is 62.7 Å². The van der Waals surface area contributed by atoms with E-state index in [0.29, 0.717) is 18.0 Å². The summed E-state index contributed by atoms with van der Waals surface area (Å²) in [6.45, 7) is 3.11. The van der Waals surface area contributed by atoms with E-state index in [2.05, 4.69) is 29.2 Å². The van der Waals surface area contributed by atoms with E-state index in [0.717, 1.165) is 19.6 Å². The van der Waals surface area contributed by atoms with Gasteiger partial charge in [0.25, 0.3) is 0 Å². The molecule has 1 heterocycles. The summed E-state index contributed by atoms with van der Waals surface area (Å²) in [5.74, 6) is -0.291. The van der Waals surface area contributed by atoms with E-state index in [1.54, 1.807) is 6.07 Å². The third kappa shape index (κ3) is 3.50. The van der Waals surface area contributed by atoms with Crippen LogP contribution < -0.4 is 5.32 Å². The van der Waals surface area contributed by atoms with Gasteiger partial charge in [-0.15, -0.1) is 0 Å². The molecule has 112 valence electrons. The Kier molecular flexibility index (Phi) is 5.38. The maximum atomic E-state index is 14.1. The van der Waals surface area contributed by atoms with Crippen molar-refractivity contribution in [3.63, 3.8) is 0 Å². The van der Waals surface area contributed by atoms with E-state index in [1.807, 2.05) is 19.2 Å². The average molecular weight is 300 g/mol. The van der Waals surface area contributed by atoms with Gasteiger partial charge in [-0.1, -0.05) is 23.7 Å². The fourth-order valence-electron chi connectivity index (χ4n) is 2.85. The van der Waals surface area contributed by atoms with Crippen molar-refractivity contribution >= 4 is 11.6 Å². The minimum absolute atomic E-state index is 0.200. The third-order valence-corrected chi connectivity index (χ3v) is 4.50. The lowest BCUT2D eigenvalue weighted by molar-refractivity contribution is 0.0895. The van der Waals surface area contributed by atoms with Crippen LogP contribution in [0.2, 0.25) is 5.02 Å². The molecular weight excluding hydrogens is 277 g/mol. The summed E-state index contributed by atoms with van der Waals surface area (Å²) < 4.78 is 14.1. The second-order valence-corrected chi connectivity index (χ2v) is 6.03. The van der Waals surface area contributed by atoms with Gasteiger partial charge in [-0.25, -0.2) is 4.39 Å². The van der Waals surface area contributed by atoms with Crippen molar-refractivity contribution in [2.45, 2.75) is 18.5 Å². The molecular formula is C15H23ClFN3. The van der Waals surface area contributed by atoms with E-state index in [4.69, 9.17) is 11.6 Å². The zero-order valence-corrected chi connectivity index (χ0v) is 13.1. The number of likely N-dealkylation sites (N-methyl/N-ethyl adjacent to an activating group) is 3. The van der Waals surface area contributed by atoms with Crippen LogP contribution in [-0.2, 0) is 6.42 Å². The molecule has 3 nitrogen and oxygen atoms in total. The maximum absolute atomic E-state index is 14.1. The van der Waals surface area contributed by atoms with Crippen LogP contribution in [0.1, 0.15) is 5.56 Å². The molecule has 0 spiro atoms. The number of benzene rings is 1. The highest BCUT2D eigenvalue weighted by molar-refractivity contribution is 6.30. The Bertz CT molecular complexity index is 455. The number of halogens is 2. The fourth-order valence-corrected chi connectivity index (χ4v) is 3.05. The van der Waals surface area contributed by atoms with E-state index < -0.39 is 0 Å². The Hall–Kier alpha value is -0.680. The number of hydrogen-bond donors (Lipinski definition) is 1. The van der Waals surface area contributed by atoms with Gasteiger partial charge in [-0.05, 0) is 39.2 Å². The number of hydrogen-bond acceptors (Lipinski definition) is 3. The van der Waals surface area contributed by atoms with Crippen LogP contribution in [0.25, 0.3) is 0 Å². The maximum Gasteiger partial charge on any atom is 0.145 e. The highest BCUT2D eigenvalue weighted by Gasteiger charge is 2.29.